The van der Waals surface area contributed by atoms with Gasteiger partial charge in [-0.25, -0.2) is 8.78 Å². The number of hydrogen-bond acceptors (Lipinski definition) is 1. The molecule has 0 aliphatic heterocycles. The summed E-state index contributed by atoms with van der Waals surface area (Å²) in [6.07, 6.45) is -2.18. The molecular formula is C4H7F2NO. The van der Waals surface area contributed by atoms with E-state index in [2.05, 4.69) is 5.32 Å². The lowest BCUT2D eigenvalue weighted by Crippen LogP contribution is -2.14. The number of halogens is 2. The molecule has 8 heavy (non-hydrogen) atoms. The van der Waals surface area contributed by atoms with Crippen LogP contribution in [-0.4, -0.2) is 19.4 Å². The Morgan fingerprint density at radius 1 is 1.62 bits per heavy atom. The minimum atomic E-state index is -2.32. The Labute approximate surface area is 45.9 Å². The molecule has 0 fully saturated rings. The van der Waals surface area contributed by atoms with Crippen LogP contribution in [0.25, 0.3) is 0 Å². The number of carbonyl (C=O) groups excluding carboxylic acids is 1. The Hall–Kier alpha value is -0.670. The van der Waals surface area contributed by atoms with Crippen molar-refractivity contribution in [3.05, 3.63) is 0 Å². The molecular weight excluding hydrogens is 116 g/mol. The lowest BCUT2D eigenvalue weighted by Gasteiger charge is -1.94. The topological polar surface area (TPSA) is 29.1 Å². The first kappa shape index (κ1) is 7.33. The van der Waals surface area contributed by atoms with E-state index in [0.717, 1.165) is 0 Å². The van der Waals surface area contributed by atoms with Gasteiger partial charge < -0.3 is 5.32 Å². The van der Waals surface area contributed by atoms with Gasteiger partial charge in [0.25, 0.3) is 0 Å². The van der Waals surface area contributed by atoms with Crippen LogP contribution < -0.4 is 5.32 Å². The van der Waals surface area contributed by atoms with E-state index in [0.29, 0.717) is 6.41 Å². The standard InChI is InChI=1S/C4H7F2NO/c5-4(6)1-2-7-3-8/h3-4H,1-2H2,(H,7,8). The quantitative estimate of drug-likeness (QED) is 0.425. The lowest BCUT2D eigenvalue weighted by molar-refractivity contribution is -0.109. The number of hydrogen-bond donors (Lipinski definition) is 1. The van der Waals surface area contributed by atoms with Crippen molar-refractivity contribution in [1.29, 1.82) is 0 Å². The molecule has 0 unspecified atom stereocenters. The second-order valence-electron chi connectivity index (χ2n) is 1.25. The second kappa shape index (κ2) is 4.49. The van der Waals surface area contributed by atoms with E-state index in [4.69, 9.17) is 0 Å². The van der Waals surface area contributed by atoms with Gasteiger partial charge in [0, 0.05) is 13.0 Å². The molecule has 0 saturated heterocycles. The third kappa shape index (κ3) is 5.33. The molecule has 0 aromatic carbocycles. The summed E-state index contributed by atoms with van der Waals surface area (Å²) in [6, 6.07) is 0. The zero-order chi connectivity index (χ0) is 6.41. The maximum atomic E-state index is 11.2. The molecule has 0 aliphatic rings. The SMILES string of the molecule is O=CNCCC(F)F. The summed E-state index contributed by atoms with van der Waals surface area (Å²) < 4.78 is 22.4. The van der Waals surface area contributed by atoms with Gasteiger partial charge in [0.2, 0.25) is 12.8 Å². The second-order valence-corrected chi connectivity index (χ2v) is 1.25. The highest BCUT2D eigenvalue weighted by atomic mass is 19.3. The van der Waals surface area contributed by atoms with Crippen LogP contribution in [0.2, 0.25) is 0 Å². The molecule has 0 heterocycles. The molecule has 1 amide bonds. The van der Waals surface area contributed by atoms with E-state index < -0.39 is 6.43 Å². The zero-order valence-electron chi connectivity index (χ0n) is 4.23. The number of amides is 1. The summed E-state index contributed by atoms with van der Waals surface area (Å²) >= 11 is 0. The summed E-state index contributed by atoms with van der Waals surface area (Å²) in [5.74, 6) is 0. The van der Waals surface area contributed by atoms with E-state index in [-0.39, 0.29) is 13.0 Å². The van der Waals surface area contributed by atoms with Gasteiger partial charge >= 0.3 is 0 Å². The lowest BCUT2D eigenvalue weighted by atomic mass is 10.4. The smallest absolute Gasteiger partial charge is 0.240 e. The van der Waals surface area contributed by atoms with Crippen LogP contribution in [0.3, 0.4) is 0 Å². The zero-order valence-corrected chi connectivity index (χ0v) is 4.23. The van der Waals surface area contributed by atoms with Crippen molar-refractivity contribution in [2.45, 2.75) is 12.8 Å². The predicted octanol–water partition coefficient (Wildman–Crippen LogP) is 0.388. The van der Waals surface area contributed by atoms with Crippen molar-refractivity contribution in [2.24, 2.45) is 0 Å². The monoisotopic (exact) mass is 123 g/mol. The Morgan fingerprint density at radius 3 is 2.62 bits per heavy atom. The van der Waals surface area contributed by atoms with E-state index in [1.165, 1.54) is 0 Å². The van der Waals surface area contributed by atoms with E-state index in [9.17, 15) is 13.6 Å². The molecule has 1 N–H and O–H groups in total. The van der Waals surface area contributed by atoms with E-state index >= 15 is 0 Å². The number of carbonyl (C=O) groups is 1. The molecule has 0 aromatic heterocycles. The van der Waals surface area contributed by atoms with Gasteiger partial charge in [-0.05, 0) is 0 Å². The number of rotatable bonds is 4. The largest absolute Gasteiger partial charge is 0.358 e. The van der Waals surface area contributed by atoms with Crippen LogP contribution in [0, 0.1) is 0 Å². The first-order valence-electron chi connectivity index (χ1n) is 2.22. The van der Waals surface area contributed by atoms with Crippen molar-refractivity contribution in [3.8, 4) is 0 Å². The van der Waals surface area contributed by atoms with Crippen LogP contribution >= 0.6 is 0 Å². The third-order valence-electron chi connectivity index (χ3n) is 0.590. The van der Waals surface area contributed by atoms with Gasteiger partial charge in [0.15, 0.2) is 0 Å². The van der Waals surface area contributed by atoms with E-state index in [1.807, 2.05) is 0 Å². The fourth-order valence-electron chi connectivity index (χ4n) is 0.251. The Bertz CT molecular complexity index is 67.1. The maximum absolute atomic E-state index is 11.2. The Balaban J connectivity index is 2.81. The molecule has 0 spiro atoms. The minimum Gasteiger partial charge on any atom is -0.358 e. The number of alkyl halides is 2. The molecule has 0 radical (unpaired) electrons. The Kier molecular flexibility index (Phi) is 4.11. The van der Waals surface area contributed by atoms with Gasteiger partial charge in [-0.3, -0.25) is 4.79 Å². The van der Waals surface area contributed by atoms with Gasteiger partial charge in [-0.2, -0.15) is 0 Å². The van der Waals surface area contributed by atoms with Crippen LogP contribution in [-0.2, 0) is 4.79 Å². The highest BCUT2D eigenvalue weighted by molar-refractivity contribution is 5.45. The van der Waals surface area contributed by atoms with Gasteiger partial charge in [-0.1, -0.05) is 0 Å². The average Bonchev–Trinajstić information content (AvgIpc) is 1.66. The Morgan fingerprint density at radius 2 is 2.25 bits per heavy atom. The van der Waals surface area contributed by atoms with Gasteiger partial charge in [0.05, 0.1) is 0 Å². The summed E-state index contributed by atoms with van der Waals surface area (Å²) in [6.45, 7) is 0.0567. The molecule has 2 nitrogen and oxygen atoms in total. The van der Waals surface area contributed by atoms with Crippen molar-refractivity contribution in [2.75, 3.05) is 6.54 Å². The van der Waals surface area contributed by atoms with Crippen LogP contribution in [0.4, 0.5) is 8.78 Å². The first-order chi connectivity index (χ1) is 3.77. The minimum absolute atomic E-state index is 0.0567. The summed E-state index contributed by atoms with van der Waals surface area (Å²) in [7, 11) is 0. The number of nitrogens with one attached hydrogen (secondary N) is 1. The van der Waals surface area contributed by atoms with Crippen LogP contribution in [0.15, 0.2) is 0 Å². The highest BCUT2D eigenvalue weighted by Gasteiger charge is 1.98. The van der Waals surface area contributed by atoms with Crippen molar-refractivity contribution >= 4 is 6.41 Å². The third-order valence-corrected chi connectivity index (χ3v) is 0.590. The predicted molar refractivity (Wildman–Crippen MR) is 24.7 cm³/mol. The summed E-state index contributed by atoms with van der Waals surface area (Å²) in [4.78, 5) is 9.43. The van der Waals surface area contributed by atoms with Crippen LogP contribution in [0.1, 0.15) is 6.42 Å². The fraction of sp³-hybridized carbons (Fsp3) is 0.750. The van der Waals surface area contributed by atoms with Crippen molar-refractivity contribution in [1.82, 2.24) is 5.32 Å². The van der Waals surface area contributed by atoms with E-state index in [1.54, 1.807) is 0 Å². The summed E-state index contributed by atoms with van der Waals surface area (Å²) in [5.41, 5.74) is 0. The molecule has 0 saturated carbocycles. The van der Waals surface area contributed by atoms with Crippen LogP contribution in [0.5, 0.6) is 0 Å². The molecule has 0 rings (SSSR count). The first-order valence-corrected chi connectivity index (χ1v) is 2.22. The molecule has 0 bridgehead atoms. The summed E-state index contributed by atoms with van der Waals surface area (Å²) in [5, 5.41) is 2.12. The fourth-order valence-corrected chi connectivity index (χ4v) is 0.251. The van der Waals surface area contributed by atoms with Crippen molar-refractivity contribution in [3.63, 3.8) is 0 Å². The molecule has 48 valence electrons. The molecule has 0 aliphatic carbocycles. The van der Waals surface area contributed by atoms with Crippen molar-refractivity contribution < 1.29 is 13.6 Å². The van der Waals surface area contributed by atoms with Gasteiger partial charge in [-0.15, -0.1) is 0 Å². The maximum Gasteiger partial charge on any atom is 0.240 e. The highest BCUT2D eigenvalue weighted by Crippen LogP contribution is 1.94. The molecule has 4 heteroatoms. The average molecular weight is 123 g/mol. The normalized spacial score (nSPS) is 9.38. The molecule has 0 aromatic rings. The molecule has 0 atom stereocenters. The van der Waals surface area contributed by atoms with Gasteiger partial charge in [0.1, 0.15) is 0 Å².